The van der Waals surface area contributed by atoms with Crippen LogP contribution in [0.3, 0.4) is 0 Å². The first-order chi connectivity index (χ1) is 2.81. The van der Waals surface area contributed by atoms with Gasteiger partial charge in [-0.2, -0.15) is 0 Å². The van der Waals surface area contributed by atoms with Crippen LogP contribution in [-0.4, -0.2) is 29.1 Å². The molecule has 0 aromatic carbocycles. The van der Waals surface area contributed by atoms with E-state index >= 15 is 0 Å². The highest BCUT2D eigenvalue weighted by Gasteiger charge is 1.82. The van der Waals surface area contributed by atoms with E-state index in [4.69, 9.17) is 0 Å². The van der Waals surface area contributed by atoms with Gasteiger partial charge in [-0.25, -0.2) is 16.5 Å². The Morgan fingerprint density at radius 1 is 1.29 bits per heavy atom. The maximum atomic E-state index is 9.71. The van der Waals surface area contributed by atoms with Crippen LogP contribution in [0, 0.1) is 0 Å². The van der Waals surface area contributed by atoms with Gasteiger partial charge in [0.1, 0.15) is 0 Å². The van der Waals surface area contributed by atoms with Gasteiger partial charge < -0.3 is 0 Å². The van der Waals surface area contributed by atoms with Crippen LogP contribution >= 0.6 is 0 Å². The molecule has 0 bridgehead atoms. The Labute approximate surface area is 56.9 Å². The highest BCUT2D eigenvalue weighted by molar-refractivity contribution is 5.75. The third kappa shape index (κ3) is 5.96. The van der Waals surface area contributed by atoms with Gasteiger partial charge in [0.15, 0.2) is 0 Å². The Bertz CT molecular complexity index is 49.7. The van der Waals surface area contributed by atoms with Crippen LogP contribution in [-0.2, 0) is 0 Å². The van der Waals surface area contributed by atoms with E-state index in [1.807, 2.05) is 0 Å². The molecule has 0 atom stereocenters. The molecule has 6 heteroatoms. The zero-order valence-electron chi connectivity index (χ0n) is 3.77. The molecular weight excluding hydrogens is 108 g/mol. The Morgan fingerprint density at radius 2 is 1.57 bits per heavy atom. The molecule has 0 rings (SSSR count). The number of hydrogen-bond acceptors (Lipinski definition) is 3. The number of nitrogens with one attached hydrogen (secondary N) is 2. The molecule has 0 spiro atoms. The third-order valence-electron chi connectivity index (χ3n) is 0.262. The van der Waals surface area contributed by atoms with E-state index in [9.17, 15) is 4.79 Å². The third-order valence-corrected chi connectivity index (χ3v) is 0.262. The van der Waals surface area contributed by atoms with Crippen molar-refractivity contribution >= 4 is 29.1 Å². The van der Waals surface area contributed by atoms with Gasteiger partial charge in [0.2, 0.25) is 0 Å². The van der Waals surface area contributed by atoms with Gasteiger partial charge in [-0.1, -0.05) is 0 Å². The van der Waals surface area contributed by atoms with Crippen LogP contribution in [0.1, 0.15) is 0 Å². The predicted octanol–water partition coefficient (Wildman–Crippen LogP) is -2.35. The summed E-state index contributed by atoms with van der Waals surface area (Å²) in [7, 11) is 0. The second kappa shape index (κ2) is 5.96. The van der Waals surface area contributed by atoms with Crippen LogP contribution in [0.15, 0.2) is 0 Å². The first-order valence-electron chi connectivity index (χ1n) is 1.28. The standard InChI is InChI=1S/CH6N4O.Mg/c2-4-1(6)5-3;/h2-3H2,(H2,4,5,6);. The van der Waals surface area contributed by atoms with Crippen molar-refractivity contribution in [3.8, 4) is 0 Å². The van der Waals surface area contributed by atoms with Crippen molar-refractivity contribution in [1.82, 2.24) is 10.9 Å². The summed E-state index contributed by atoms with van der Waals surface area (Å²) in [5.74, 6) is 9.08. The minimum Gasteiger partial charge on any atom is -0.275 e. The maximum Gasteiger partial charge on any atom is 0.343 e. The molecule has 0 heterocycles. The molecule has 0 saturated carbocycles. The molecule has 0 aliphatic rings. The molecule has 7 heavy (non-hydrogen) atoms. The molecule has 0 aromatic heterocycles. The van der Waals surface area contributed by atoms with Gasteiger partial charge in [0.05, 0.1) is 0 Å². The average Bonchev–Trinajstić information content (AvgIpc) is 1.65. The van der Waals surface area contributed by atoms with Crippen molar-refractivity contribution < 1.29 is 4.79 Å². The van der Waals surface area contributed by atoms with E-state index in [0.29, 0.717) is 0 Å². The second-order valence-corrected chi connectivity index (χ2v) is 0.618. The van der Waals surface area contributed by atoms with Gasteiger partial charge >= 0.3 is 6.03 Å². The lowest BCUT2D eigenvalue weighted by Gasteiger charge is -1.90. The van der Waals surface area contributed by atoms with Gasteiger partial charge in [0.25, 0.3) is 0 Å². The molecule has 0 fully saturated rings. The van der Waals surface area contributed by atoms with Crippen molar-refractivity contribution in [2.24, 2.45) is 11.7 Å². The van der Waals surface area contributed by atoms with Crippen molar-refractivity contribution in [2.45, 2.75) is 0 Å². The topological polar surface area (TPSA) is 93.2 Å². The molecule has 0 aliphatic carbocycles. The molecule has 2 amide bonds. The zero-order valence-corrected chi connectivity index (χ0v) is 5.18. The first-order valence-corrected chi connectivity index (χ1v) is 1.28. The molecule has 2 radical (unpaired) electrons. The highest BCUT2D eigenvalue weighted by Crippen LogP contribution is 1.42. The summed E-state index contributed by atoms with van der Waals surface area (Å²) in [4.78, 5) is 9.71. The number of carbonyl (C=O) groups is 1. The monoisotopic (exact) mass is 114 g/mol. The van der Waals surface area contributed by atoms with Gasteiger partial charge in [-0.05, 0) is 0 Å². The van der Waals surface area contributed by atoms with Crippen LogP contribution in [0.2, 0.25) is 0 Å². The normalized spacial score (nSPS) is 6.00. The lowest BCUT2D eigenvalue weighted by atomic mass is 11.1. The summed E-state index contributed by atoms with van der Waals surface area (Å²) < 4.78 is 0. The Kier molecular flexibility index (Phi) is 8.55. The largest absolute Gasteiger partial charge is 0.343 e. The second-order valence-electron chi connectivity index (χ2n) is 0.618. The number of hydrogen-bond donors (Lipinski definition) is 4. The summed E-state index contributed by atoms with van der Waals surface area (Å²) in [6, 6.07) is -0.602. The highest BCUT2D eigenvalue weighted by atomic mass is 24.3. The van der Waals surface area contributed by atoms with E-state index in [1.54, 1.807) is 10.9 Å². The SMILES string of the molecule is NNC(=O)NN.[Mg]. The Morgan fingerprint density at radius 3 is 1.57 bits per heavy atom. The van der Waals surface area contributed by atoms with E-state index in [2.05, 4.69) is 11.7 Å². The average molecular weight is 114 g/mol. The molecule has 0 unspecified atom stereocenters. The molecule has 38 valence electrons. The first kappa shape index (κ1) is 10.0. The van der Waals surface area contributed by atoms with Gasteiger partial charge in [0, 0.05) is 23.1 Å². The van der Waals surface area contributed by atoms with Crippen LogP contribution in [0.25, 0.3) is 0 Å². The van der Waals surface area contributed by atoms with Gasteiger partial charge in [-0.15, -0.1) is 0 Å². The summed E-state index contributed by atoms with van der Waals surface area (Å²) in [6.07, 6.45) is 0. The lowest BCUT2D eigenvalue weighted by molar-refractivity contribution is 0.241. The predicted molar refractivity (Wildman–Crippen MR) is 25.8 cm³/mol. The molecule has 0 aromatic rings. The summed E-state index contributed by atoms with van der Waals surface area (Å²) in [5.41, 5.74) is 3.48. The number of urea groups is 1. The van der Waals surface area contributed by atoms with E-state index < -0.39 is 6.03 Å². The number of amides is 2. The lowest BCUT2D eigenvalue weighted by Crippen LogP contribution is -2.43. The summed E-state index contributed by atoms with van der Waals surface area (Å²) in [6.45, 7) is 0. The number of nitrogens with two attached hydrogens (primary N) is 2. The smallest absolute Gasteiger partial charge is 0.275 e. The molecule has 0 aliphatic heterocycles. The Balaban J connectivity index is 0. The van der Waals surface area contributed by atoms with Crippen LogP contribution < -0.4 is 22.5 Å². The summed E-state index contributed by atoms with van der Waals surface area (Å²) in [5, 5.41) is 0. The minimum absolute atomic E-state index is 0. The molecular formula is CH6MgN4O. The molecule has 6 N–H and O–H groups in total. The molecule has 5 nitrogen and oxygen atoms in total. The van der Waals surface area contributed by atoms with Crippen molar-refractivity contribution in [1.29, 1.82) is 0 Å². The van der Waals surface area contributed by atoms with Crippen molar-refractivity contribution in [3.05, 3.63) is 0 Å². The number of carbonyl (C=O) groups excluding carboxylic acids is 1. The maximum absolute atomic E-state index is 9.71. The Hall–Kier alpha value is -0.0438. The molecule has 0 saturated heterocycles. The van der Waals surface area contributed by atoms with E-state index in [1.165, 1.54) is 0 Å². The van der Waals surface area contributed by atoms with E-state index in [-0.39, 0.29) is 23.1 Å². The number of hydrazine groups is 2. The summed E-state index contributed by atoms with van der Waals surface area (Å²) >= 11 is 0. The minimum atomic E-state index is -0.602. The van der Waals surface area contributed by atoms with Crippen molar-refractivity contribution in [2.75, 3.05) is 0 Å². The van der Waals surface area contributed by atoms with Crippen LogP contribution in [0.4, 0.5) is 4.79 Å². The zero-order chi connectivity index (χ0) is 4.99. The van der Waals surface area contributed by atoms with Crippen molar-refractivity contribution in [3.63, 3.8) is 0 Å². The number of rotatable bonds is 0. The fourth-order valence-corrected chi connectivity index (χ4v) is 0.0417. The van der Waals surface area contributed by atoms with Crippen LogP contribution in [0.5, 0.6) is 0 Å². The van der Waals surface area contributed by atoms with Gasteiger partial charge in [-0.3, -0.25) is 10.9 Å². The fourth-order valence-electron chi connectivity index (χ4n) is 0.0417. The van der Waals surface area contributed by atoms with E-state index in [0.717, 1.165) is 0 Å². The quantitative estimate of drug-likeness (QED) is 0.123. The fraction of sp³-hybridized carbons (Fsp3) is 0.